The Labute approximate surface area is 240 Å². The van der Waals surface area contributed by atoms with E-state index in [2.05, 4.69) is 17.2 Å². The second-order valence-corrected chi connectivity index (χ2v) is 14.0. The van der Waals surface area contributed by atoms with Crippen LogP contribution >= 0.6 is 0 Å². The summed E-state index contributed by atoms with van der Waals surface area (Å²) < 4.78 is 35.3. The molecule has 0 spiro atoms. The smallest absolute Gasteiger partial charge is 0.410 e. The van der Waals surface area contributed by atoms with Gasteiger partial charge >= 0.3 is 6.09 Å². The van der Waals surface area contributed by atoms with E-state index in [-0.39, 0.29) is 22.6 Å². The van der Waals surface area contributed by atoms with E-state index >= 15 is 0 Å². The number of nitrogens with zero attached hydrogens (tertiary/aromatic N) is 4. The van der Waals surface area contributed by atoms with Crippen LogP contribution in [0.15, 0.2) is 46.2 Å². The van der Waals surface area contributed by atoms with Crippen molar-refractivity contribution in [2.45, 2.75) is 88.8 Å². The van der Waals surface area contributed by atoms with Gasteiger partial charge in [-0.15, -0.1) is 0 Å². The zero-order valence-electron chi connectivity index (χ0n) is 24.4. The summed E-state index contributed by atoms with van der Waals surface area (Å²) in [6.45, 7) is 11.2. The Morgan fingerprint density at radius 2 is 1.83 bits per heavy atom. The van der Waals surface area contributed by atoms with Gasteiger partial charge in [0.1, 0.15) is 11.0 Å². The maximum Gasteiger partial charge on any atom is 0.410 e. The van der Waals surface area contributed by atoms with Crippen LogP contribution in [0, 0.1) is 0 Å². The molecule has 0 saturated carbocycles. The molecule has 4 heterocycles. The van der Waals surface area contributed by atoms with Crippen LogP contribution in [0.25, 0.3) is 10.9 Å². The van der Waals surface area contributed by atoms with Crippen molar-refractivity contribution in [3.05, 3.63) is 46.9 Å². The number of hydrogen-bond acceptors (Lipinski definition) is 7. The minimum atomic E-state index is -3.57. The van der Waals surface area contributed by atoms with Crippen LogP contribution < -0.4 is 10.9 Å². The second-order valence-electron chi connectivity index (χ2n) is 12.1. The highest BCUT2D eigenvalue weighted by Gasteiger charge is 2.40. The third-order valence-corrected chi connectivity index (χ3v) is 10.3. The van der Waals surface area contributed by atoms with E-state index in [1.165, 1.54) is 0 Å². The largest absolute Gasteiger partial charge is 0.444 e. The fraction of sp³-hybridized carbons (Fsp3) is 0.552. The molecule has 1 atom stereocenters. The Kier molecular flexibility index (Phi) is 7.66. The van der Waals surface area contributed by atoms with Gasteiger partial charge in [0.2, 0.25) is 10.0 Å². The van der Waals surface area contributed by atoms with Gasteiger partial charge in [-0.3, -0.25) is 9.48 Å². The number of piperidine rings is 1. The molecule has 1 aromatic carbocycles. The minimum absolute atomic E-state index is 0.0123. The van der Waals surface area contributed by atoms with Crippen molar-refractivity contribution < 1.29 is 17.9 Å². The summed E-state index contributed by atoms with van der Waals surface area (Å²) in [5.41, 5.74) is 0.0976. The van der Waals surface area contributed by atoms with Crippen LogP contribution in [0.4, 0.5) is 16.3 Å². The number of aromatic amines is 1. The predicted molar refractivity (Wildman–Crippen MR) is 158 cm³/mol. The number of amides is 1. The number of likely N-dealkylation sites (tertiary alicyclic amines) is 1. The molecule has 1 unspecified atom stereocenters. The average Bonchev–Trinajstić information content (AvgIpc) is 3.53. The summed E-state index contributed by atoms with van der Waals surface area (Å²) in [7, 11) is -3.57. The van der Waals surface area contributed by atoms with E-state index in [0.29, 0.717) is 54.9 Å². The third-order valence-electron chi connectivity index (χ3n) is 8.27. The first-order valence-corrected chi connectivity index (χ1v) is 15.8. The molecule has 0 bridgehead atoms. The molecule has 0 aliphatic carbocycles. The highest BCUT2D eigenvalue weighted by Crippen LogP contribution is 2.38. The van der Waals surface area contributed by atoms with Crippen LogP contribution in [0.3, 0.4) is 0 Å². The van der Waals surface area contributed by atoms with Crippen LogP contribution in [0.1, 0.15) is 66.7 Å². The van der Waals surface area contributed by atoms with E-state index in [1.54, 1.807) is 39.7 Å². The molecule has 1 amide bonds. The van der Waals surface area contributed by atoms with E-state index in [9.17, 15) is 18.0 Å². The minimum Gasteiger partial charge on any atom is -0.444 e. The van der Waals surface area contributed by atoms with Gasteiger partial charge < -0.3 is 19.9 Å². The van der Waals surface area contributed by atoms with Gasteiger partial charge in [0.25, 0.3) is 5.56 Å². The molecule has 2 saturated heterocycles. The molecular weight excluding hydrogens is 544 g/mol. The van der Waals surface area contributed by atoms with Crippen molar-refractivity contribution in [2.75, 3.05) is 25.0 Å². The summed E-state index contributed by atoms with van der Waals surface area (Å²) >= 11 is 0. The number of H-pyrrole nitrogens is 1. The lowest BCUT2D eigenvalue weighted by atomic mass is 9.85. The molecule has 2 fully saturated rings. The van der Waals surface area contributed by atoms with Crippen molar-refractivity contribution in [3.8, 4) is 0 Å². The van der Waals surface area contributed by atoms with Crippen molar-refractivity contribution in [1.29, 1.82) is 0 Å². The van der Waals surface area contributed by atoms with Crippen molar-refractivity contribution in [1.82, 2.24) is 24.0 Å². The summed E-state index contributed by atoms with van der Waals surface area (Å²) in [4.78, 5) is 30.4. The summed E-state index contributed by atoms with van der Waals surface area (Å²) in [5, 5.41) is 8.59. The predicted octanol–water partition coefficient (Wildman–Crippen LogP) is 4.78. The highest BCUT2D eigenvalue weighted by atomic mass is 32.2. The Morgan fingerprint density at radius 3 is 2.41 bits per heavy atom. The monoisotopic (exact) mass is 584 g/mol. The zero-order valence-corrected chi connectivity index (χ0v) is 25.3. The molecular formula is C29H40N6O5S. The molecule has 3 aromatic rings. The first-order chi connectivity index (χ1) is 19.3. The van der Waals surface area contributed by atoms with Gasteiger partial charge in [0.15, 0.2) is 5.82 Å². The quantitative estimate of drug-likeness (QED) is 0.427. The molecule has 11 nitrogen and oxygen atoms in total. The summed E-state index contributed by atoms with van der Waals surface area (Å²) in [6.07, 6.45) is 5.10. The maximum absolute atomic E-state index is 13.1. The number of anilines is 2. The summed E-state index contributed by atoms with van der Waals surface area (Å²) in [5.74, 6) is 0.396. The van der Waals surface area contributed by atoms with Gasteiger partial charge in [0, 0.05) is 37.6 Å². The van der Waals surface area contributed by atoms with Gasteiger partial charge in [-0.25, -0.2) is 13.2 Å². The Balaban J connectivity index is 1.42. The van der Waals surface area contributed by atoms with E-state index < -0.39 is 21.2 Å². The molecule has 41 heavy (non-hydrogen) atoms. The van der Waals surface area contributed by atoms with Crippen molar-refractivity contribution in [2.24, 2.45) is 0 Å². The van der Waals surface area contributed by atoms with Gasteiger partial charge in [-0.1, -0.05) is 6.92 Å². The Hall–Kier alpha value is -3.38. The normalized spacial score (nSPS) is 19.9. The molecule has 12 heteroatoms. The lowest BCUT2D eigenvalue weighted by molar-refractivity contribution is 0.0101. The molecule has 2 aliphatic heterocycles. The standard InChI is InChI=1S/C29H40N6O5S/c1-6-29(14-18-33(19-15-29)27(37)40-28(3,4)5)35-23-13-16-30-26(36)24(23)25(32-35)31-21-9-11-22(12-10-21)41(38,39)34-17-7-8-20(34)2/h9-13,16,20H,6-8,14-15,17-19H2,1-5H3,(H,30,36)(H,31,32). The van der Waals surface area contributed by atoms with Crippen LogP contribution in [-0.4, -0.2) is 69.8 Å². The average molecular weight is 585 g/mol. The maximum atomic E-state index is 13.1. The number of hydrogen-bond donors (Lipinski definition) is 2. The molecule has 5 rings (SSSR count). The fourth-order valence-corrected chi connectivity index (χ4v) is 7.62. The Morgan fingerprint density at radius 1 is 1.15 bits per heavy atom. The lowest BCUT2D eigenvalue weighted by Crippen LogP contribution is -2.49. The van der Waals surface area contributed by atoms with Crippen LogP contribution in [0.2, 0.25) is 0 Å². The van der Waals surface area contributed by atoms with Gasteiger partial charge in [-0.05, 0) is 90.1 Å². The van der Waals surface area contributed by atoms with Crippen LogP contribution in [-0.2, 0) is 20.3 Å². The molecule has 2 N–H and O–H groups in total. The number of aromatic nitrogens is 3. The van der Waals surface area contributed by atoms with Crippen LogP contribution in [0.5, 0.6) is 0 Å². The molecule has 0 radical (unpaired) electrons. The van der Waals surface area contributed by atoms with E-state index in [1.807, 2.05) is 38.4 Å². The zero-order chi connectivity index (χ0) is 29.6. The number of rotatable bonds is 6. The van der Waals surface area contributed by atoms with Crippen molar-refractivity contribution >= 4 is 38.5 Å². The fourth-order valence-electron chi connectivity index (χ4n) is 5.92. The molecule has 222 valence electrons. The van der Waals surface area contributed by atoms with Gasteiger partial charge in [-0.2, -0.15) is 9.40 Å². The number of sulfonamides is 1. The topological polar surface area (TPSA) is 130 Å². The number of nitrogens with one attached hydrogen (secondary N) is 2. The SMILES string of the molecule is CCC1(n2nc(Nc3ccc(S(=O)(=O)N4CCCC4C)cc3)c3c(=O)[nH]ccc32)CCN(C(=O)OC(C)(C)C)CC1. The van der Waals surface area contributed by atoms with Crippen molar-refractivity contribution in [3.63, 3.8) is 0 Å². The van der Waals surface area contributed by atoms with E-state index in [0.717, 1.165) is 19.3 Å². The van der Waals surface area contributed by atoms with Gasteiger partial charge in [0.05, 0.1) is 16.0 Å². The highest BCUT2D eigenvalue weighted by molar-refractivity contribution is 7.89. The number of pyridine rings is 1. The first-order valence-electron chi connectivity index (χ1n) is 14.3. The second kappa shape index (κ2) is 10.8. The third kappa shape index (κ3) is 5.59. The number of carbonyl (C=O) groups excluding carboxylic acids is 1. The van der Waals surface area contributed by atoms with E-state index in [4.69, 9.17) is 9.84 Å². The number of ether oxygens (including phenoxy) is 1. The first kappa shape index (κ1) is 29.1. The lowest BCUT2D eigenvalue weighted by Gasteiger charge is -2.42. The Bertz CT molecular complexity index is 1580. The number of fused-ring (bicyclic) bond motifs is 1. The number of benzene rings is 1. The molecule has 2 aliphatic rings. The molecule has 2 aromatic heterocycles. The summed E-state index contributed by atoms with van der Waals surface area (Å²) in [6, 6.07) is 8.41. The number of carbonyl (C=O) groups is 1.